The zero-order chi connectivity index (χ0) is 22.6. The van der Waals surface area contributed by atoms with Crippen LogP contribution in [0, 0.1) is 19.7 Å². The van der Waals surface area contributed by atoms with Crippen molar-refractivity contribution in [2.45, 2.75) is 38.0 Å². The van der Waals surface area contributed by atoms with E-state index >= 15 is 0 Å². The Bertz CT molecular complexity index is 1070. The molecule has 1 saturated heterocycles. The van der Waals surface area contributed by atoms with Crippen molar-refractivity contribution in [3.63, 3.8) is 0 Å². The largest absolute Gasteiger partial charge is 0.341 e. The number of hydrogen-bond acceptors (Lipinski definition) is 4. The van der Waals surface area contributed by atoms with Crippen molar-refractivity contribution in [2.75, 3.05) is 26.2 Å². The van der Waals surface area contributed by atoms with Gasteiger partial charge in [0.25, 0.3) is 0 Å². The minimum absolute atomic E-state index is 0.0350. The number of aryl methyl sites for hydroxylation is 2. The Kier molecular flexibility index (Phi) is 7.23. The van der Waals surface area contributed by atoms with E-state index < -0.39 is 15.8 Å². The number of amides is 1. The van der Waals surface area contributed by atoms with Gasteiger partial charge in [0.05, 0.1) is 4.90 Å². The van der Waals surface area contributed by atoms with Gasteiger partial charge in [-0.2, -0.15) is 4.31 Å². The lowest BCUT2D eigenvalue weighted by Crippen LogP contribution is -2.37. The molecule has 0 bridgehead atoms. The Morgan fingerprint density at radius 3 is 2.35 bits per heavy atom. The summed E-state index contributed by atoms with van der Waals surface area (Å²) in [5, 5.41) is 0. The molecule has 0 N–H and O–H groups in total. The van der Waals surface area contributed by atoms with Crippen molar-refractivity contribution in [2.24, 2.45) is 0 Å². The highest BCUT2D eigenvalue weighted by Gasteiger charge is 2.28. The molecule has 0 atom stereocenters. The van der Waals surface area contributed by atoms with Crippen LogP contribution in [-0.4, -0.2) is 55.5 Å². The van der Waals surface area contributed by atoms with Crippen LogP contribution in [0.1, 0.15) is 40.7 Å². The fourth-order valence-electron chi connectivity index (χ4n) is 3.69. The summed E-state index contributed by atoms with van der Waals surface area (Å²) in [5.41, 5.74) is 2.52. The molecule has 0 spiro atoms. The van der Waals surface area contributed by atoms with E-state index in [1.807, 2.05) is 32.0 Å². The van der Waals surface area contributed by atoms with Gasteiger partial charge >= 0.3 is 0 Å². The Labute approximate surface area is 182 Å². The number of rotatable bonds is 6. The van der Waals surface area contributed by atoms with Crippen LogP contribution in [-0.2, 0) is 14.8 Å². The molecule has 1 amide bonds. The molecule has 8 heteroatoms. The van der Waals surface area contributed by atoms with Crippen molar-refractivity contribution in [1.82, 2.24) is 9.21 Å². The van der Waals surface area contributed by atoms with E-state index in [9.17, 15) is 22.4 Å². The molecule has 1 aliphatic heterocycles. The second kappa shape index (κ2) is 9.70. The minimum Gasteiger partial charge on any atom is -0.341 e. The number of carbonyl (C=O) groups is 2. The molecule has 31 heavy (non-hydrogen) atoms. The van der Waals surface area contributed by atoms with Crippen LogP contribution in [0.5, 0.6) is 0 Å². The number of halogens is 1. The average Bonchev–Trinajstić information content (AvgIpc) is 3.01. The number of carbonyl (C=O) groups excluding carboxylic acids is 2. The summed E-state index contributed by atoms with van der Waals surface area (Å²) in [7, 11) is -3.75. The van der Waals surface area contributed by atoms with Crippen LogP contribution in [0.25, 0.3) is 0 Å². The summed E-state index contributed by atoms with van der Waals surface area (Å²) in [6.45, 7) is 4.94. The summed E-state index contributed by atoms with van der Waals surface area (Å²) in [4.78, 5) is 26.9. The number of Topliss-reactive ketones (excluding diaryl/α,β-unsaturated/α-hetero) is 1. The van der Waals surface area contributed by atoms with E-state index in [1.54, 1.807) is 4.90 Å². The zero-order valence-electron chi connectivity index (χ0n) is 17.8. The number of nitrogens with zero attached hydrogens (tertiary/aromatic N) is 2. The summed E-state index contributed by atoms with van der Waals surface area (Å²) in [6, 6.07) is 10.4. The first kappa shape index (κ1) is 23.1. The molecule has 6 nitrogen and oxygen atoms in total. The molecule has 0 aliphatic carbocycles. The summed E-state index contributed by atoms with van der Waals surface area (Å²) in [6.07, 6.45) is 0.714. The fourth-order valence-corrected chi connectivity index (χ4v) is 5.16. The molecule has 3 rings (SSSR count). The monoisotopic (exact) mass is 446 g/mol. The predicted octanol–water partition coefficient (Wildman–Crippen LogP) is 3.33. The zero-order valence-corrected chi connectivity index (χ0v) is 18.6. The Morgan fingerprint density at radius 1 is 0.935 bits per heavy atom. The van der Waals surface area contributed by atoms with Crippen LogP contribution in [0.15, 0.2) is 47.4 Å². The van der Waals surface area contributed by atoms with E-state index in [4.69, 9.17) is 0 Å². The van der Waals surface area contributed by atoms with E-state index in [0.717, 1.165) is 23.3 Å². The number of benzene rings is 2. The molecule has 1 aliphatic rings. The number of sulfonamides is 1. The maximum Gasteiger partial charge on any atom is 0.243 e. The van der Waals surface area contributed by atoms with Crippen LogP contribution in [0.4, 0.5) is 4.39 Å². The molecule has 166 valence electrons. The van der Waals surface area contributed by atoms with Crippen molar-refractivity contribution in [1.29, 1.82) is 0 Å². The fraction of sp³-hybridized carbons (Fsp3) is 0.391. The van der Waals surface area contributed by atoms with Crippen molar-refractivity contribution in [3.8, 4) is 0 Å². The molecule has 0 aromatic heterocycles. The van der Waals surface area contributed by atoms with Gasteiger partial charge in [0.2, 0.25) is 15.9 Å². The molecular formula is C23H27FN2O4S. The Balaban J connectivity index is 1.59. The first-order valence-corrected chi connectivity index (χ1v) is 11.8. The maximum absolute atomic E-state index is 13.1. The maximum atomic E-state index is 13.1. The van der Waals surface area contributed by atoms with Gasteiger partial charge in [0.15, 0.2) is 5.78 Å². The quantitative estimate of drug-likeness (QED) is 0.638. The normalized spacial score (nSPS) is 15.5. The SMILES string of the molecule is Cc1ccc(C)c(C(=O)CCC(=O)N2CCCN(S(=O)(=O)c3ccc(F)cc3)CC2)c1. The van der Waals surface area contributed by atoms with E-state index in [2.05, 4.69) is 0 Å². The third-order valence-corrected chi connectivity index (χ3v) is 7.43. The van der Waals surface area contributed by atoms with E-state index in [0.29, 0.717) is 18.5 Å². The molecular weight excluding hydrogens is 419 g/mol. The summed E-state index contributed by atoms with van der Waals surface area (Å²) in [5.74, 6) is -0.716. The highest BCUT2D eigenvalue weighted by molar-refractivity contribution is 7.89. The Hall–Kier alpha value is -2.58. The van der Waals surface area contributed by atoms with Crippen molar-refractivity contribution < 1.29 is 22.4 Å². The first-order chi connectivity index (χ1) is 14.7. The molecule has 0 saturated carbocycles. The second-order valence-electron chi connectivity index (χ2n) is 7.83. The average molecular weight is 447 g/mol. The van der Waals surface area contributed by atoms with E-state index in [1.165, 1.54) is 16.4 Å². The van der Waals surface area contributed by atoms with Crippen LogP contribution < -0.4 is 0 Å². The van der Waals surface area contributed by atoms with Crippen LogP contribution in [0.3, 0.4) is 0 Å². The third kappa shape index (κ3) is 5.57. The lowest BCUT2D eigenvalue weighted by atomic mass is 9.99. The molecule has 1 heterocycles. The lowest BCUT2D eigenvalue weighted by Gasteiger charge is -2.22. The summed E-state index contributed by atoms with van der Waals surface area (Å²) >= 11 is 0. The van der Waals surface area contributed by atoms with Gasteiger partial charge in [-0.15, -0.1) is 0 Å². The predicted molar refractivity (Wildman–Crippen MR) is 116 cm³/mol. The van der Waals surface area contributed by atoms with Gasteiger partial charge in [0, 0.05) is 44.6 Å². The van der Waals surface area contributed by atoms with Crippen molar-refractivity contribution in [3.05, 3.63) is 65.0 Å². The first-order valence-electron chi connectivity index (χ1n) is 10.3. The Morgan fingerprint density at radius 2 is 1.65 bits per heavy atom. The molecule has 1 fully saturated rings. The highest BCUT2D eigenvalue weighted by Crippen LogP contribution is 2.19. The minimum atomic E-state index is -3.75. The van der Waals surface area contributed by atoms with Gasteiger partial charge in [-0.3, -0.25) is 9.59 Å². The topological polar surface area (TPSA) is 74.8 Å². The number of ketones is 1. The van der Waals surface area contributed by atoms with Gasteiger partial charge < -0.3 is 4.90 Å². The highest BCUT2D eigenvalue weighted by atomic mass is 32.2. The molecule has 2 aromatic carbocycles. The van der Waals surface area contributed by atoms with Crippen LogP contribution in [0.2, 0.25) is 0 Å². The van der Waals surface area contributed by atoms with Gasteiger partial charge in [-0.25, -0.2) is 12.8 Å². The number of hydrogen-bond donors (Lipinski definition) is 0. The summed E-state index contributed by atoms with van der Waals surface area (Å²) < 4.78 is 40.1. The smallest absolute Gasteiger partial charge is 0.243 e. The molecule has 2 aromatic rings. The molecule has 0 unspecified atom stereocenters. The third-order valence-electron chi connectivity index (χ3n) is 5.52. The van der Waals surface area contributed by atoms with Crippen molar-refractivity contribution >= 4 is 21.7 Å². The van der Waals surface area contributed by atoms with Crippen LogP contribution >= 0.6 is 0 Å². The lowest BCUT2D eigenvalue weighted by molar-refractivity contribution is -0.131. The van der Waals surface area contributed by atoms with Gasteiger partial charge in [-0.1, -0.05) is 17.7 Å². The standard InChI is InChI=1S/C23H27FN2O4S/c1-17-4-5-18(2)21(16-17)22(27)10-11-23(28)25-12-3-13-26(15-14-25)31(29,30)20-8-6-19(24)7-9-20/h4-9,16H,3,10-15H2,1-2H3. The second-order valence-corrected chi connectivity index (χ2v) is 9.77. The van der Waals surface area contributed by atoms with E-state index in [-0.39, 0.29) is 49.1 Å². The molecule has 0 radical (unpaired) electrons. The van der Waals surface area contributed by atoms with Gasteiger partial charge in [0.1, 0.15) is 5.82 Å². The van der Waals surface area contributed by atoms with Gasteiger partial charge in [-0.05, 0) is 56.2 Å².